The quantitative estimate of drug-likeness (QED) is 0.864. The van der Waals surface area contributed by atoms with Gasteiger partial charge in [0.1, 0.15) is 0 Å². The first kappa shape index (κ1) is 12.2. The zero-order valence-corrected chi connectivity index (χ0v) is 10.6. The lowest BCUT2D eigenvalue weighted by molar-refractivity contribution is -0.138. The average molecular weight is 232 g/mol. The highest BCUT2D eigenvalue weighted by Crippen LogP contribution is 2.44. The molecule has 1 aromatic rings. The van der Waals surface area contributed by atoms with E-state index in [1.807, 2.05) is 0 Å². The molecule has 0 amide bonds. The predicted molar refractivity (Wildman–Crippen MR) is 68.3 cm³/mol. The largest absolute Gasteiger partial charge is 0.481 e. The fourth-order valence-electron chi connectivity index (χ4n) is 3.19. The minimum atomic E-state index is -0.675. The van der Waals surface area contributed by atoms with Crippen molar-refractivity contribution in [3.63, 3.8) is 0 Å². The van der Waals surface area contributed by atoms with E-state index in [1.54, 1.807) is 0 Å². The third-order valence-corrected chi connectivity index (χ3v) is 3.88. The van der Waals surface area contributed by atoms with Crippen molar-refractivity contribution in [2.75, 3.05) is 0 Å². The van der Waals surface area contributed by atoms with E-state index in [-0.39, 0.29) is 11.8 Å². The molecule has 1 aromatic carbocycles. The van der Waals surface area contributed by atoms with Gasteiger partial charge in [0.15, 0.2) is 0 Å². The molecule has 2 heteroatoms. The molecular weight excluding hydrogens is 212 g/mol. The van der Waals surface area contributed by atoms with Crippen LogP contribution < -0.4 is 0 Å². The standard InChI is InChI=1S/C15H20O2/c1-11-7-12(2)9-13(8-11)15(10-14(16)17)5-3-4-6-15/h7-9H,3-6,10H2,1-2H3,(H,16,17). The summed E-state index contributed by atoms with van der Waals surface area (Å²) in [4.78, 5) is 11.1. The minimum Gasteiger partial charge on any atom is -0.481 e. The lowest BCUT2D eigenvalue weighted by atomic mass is 9.75. The molecule has 0 unspecified atom stereocenters. The van der Waals surface area contributed by atoms with Crippen molar-refractivity contribution in [2.45, 2.75) is 51.4 Å². The van der Waals surface area contributed by atoms with Crippen LogP contribution in [-0.4, -0.2) is 11.1 Å². The molecule has 1 N–H and O–H groups in total. The molecule has 2 rings (SSSR count). The van der Waals surface area contributed by atoms with Crippen LogP contribution in [0.4, 0.5) is 0 Å². The van der Waals surface area contributed by atoms with E-state index >= 15 is 0 Å². The fourth-order valence-corrected chi connectivity index (χ4v) is 3.19. The molecule has 0 saturated heterocycles. The van der Waals surface area contributed by atoms with Crippen molar-refractivity contribution in [3.05, 3.63) is 34.9 Å². The van der Waals surface area contributed by atoms with Gasteiger partial charge in [-0.25, -0.2) is 0 Å². The summed E-state index contributed by atoms with van der Waals surface area (Å²) in [6.45, 7) is 4.17. The van der Waals surface area contributed by atoms with Gasteiger partial charge in [0, 0.05) is 5.41 Å². The molecule has 1 aliphatic carbocycles. The van der Waals surface area contributed by atoms with E-state index in [4.69, 9.17) is 5.11 Å². The molecule has 0 heterocycles. The highest BCUT2D eigenvalue weighted by molar-refractivity contribution is 5.69. The number of carbonyl (C=O) groups is 1. The van der Waals surface area contributed by atoms with Crippen LogP contribution in [0.2, 0.25) is 0 Å². The average Bonchev–Trinajstić information content (AvgIpc) is 2.65. The summed E-state index contributed by atoms with van der Waals surface area (Å²) < 4.78 is 0. The molecule has 0 spiro atoms. The van der Waals surface area contributed by atoms with Crippen molar-refractivity contribution in [1.82, 2.24) is 0 Å². The Balaban J connectivity index is 2.41. The summed E-state index contributed by atoms with van der Waals surface area (Å²) >= 11 is 0. The SMILES string of the molecule is Cc1cc(C)cc(C2(CC(=O)O)CCCC2)c1. The number of aliphatic carboxylic acids is 1. The molecular formula is C15H20O2. The second-order valence-corrected chi connectivity index (χ2v) is 5.43. The van der Waals surface area contributed by atoms with Gasteiger partial charge in [-0.05, 0) is 32.3 Å². The Morgan fingerprint density at radius 2 is 1.71 bits per heavy atom. The number of benzene rings is 1. The number of carboxylic acid groups (broad SMARTS) is 1. The molecule has 0 aromatic heterocycles. The monoisotopic (exact) mass is 232 g/mol. The Bertz CT molecular complexity index is 408. The normalized spacial score (nSPS) is 18.2. The maximum atomic E-state index is 11.1. The van der Waals surface area contributed by atoms with Crippen molar-refractivity contribution >= 4 is 5.97 Å². The van der Waals surface area contributed by atoms with Gasteiger partial charge in [-0.3, -0.25) is 4.79 Å². The smallest absolute Gasteiger partial charge is 0.304 e. The van der Waals surface area contributed by atoms with Crippen LogP contribution in [0, 0.1) is 13.8 Å². The Kier molecular flexibility index (Phi) is 3.23. The van der Waals surface area contributed by atoms with E-state index in [0.717, 1.165) is 25.7 Å². The number of rotatable bonds is 3. The molecule has 1 aliphatic rings. The van der Waals surface area contributed by atoms with Crippen LogP contribution in [-0.2, 0) is 10.2 Å². The third kappa shape index (κ3) is 2.51. The van der Waals surface area contributed by atoms with Crippen LogP contribution >= 0.6 is 0 Å². The van der Waals surface area contributed by atoms with Gasteiger partial charge < -0.3 is 5.11 Å². The predicted octanol–water partition coefficient (Wildman–Crippen LogP) is 3.59. The minimum absolute atomic E-state index is 0.109. The van der Waals surface area contributed by atoms with Crippen LogP contribution in [0.3, 0.4) is 0 Å². The summed E-state index contributed by atoms with van der Waals surface area (Å²) in [7, 11) is 0. The maximum absolute atomic E-state index is 11.1. The first-order chi connectivity index (χ1) is 8.02. The molecule has 92 valence electrons. The van der Waals surface area contributed by atoms with Crippen LogP contribution in [0.5, 0.6) is 0 Å². The highest BCUT2D eigenvalue weighted by atomic mass is 16.4. The van der Waals surface area contributed by atoms with Crippen LogP contribution in [0.25, 0.3) is 0 Å². The summed E-state index contributed by atoms with van der Waals surface area (Å²) in [5, 5.41) is 9.14. The summed E-state index contributed by atoms with van der Waals surface area (Å²) in [6, 6.07) is 6.48. The topological polar surface area (TPSA) is 37.3 Å². The van der Waals surface area contributed by atoms with Crippen molar-refractivity contribution in [2.24, 2.45) is 0 Å². The number of aryl methyl sites for hydroxylation is 2. The van der Waals surface area contributed by atoms with Crippen LogP contribution in [0.1, 0.15) is 48.8 Å². The van der Waals surface area contributed by atoms with Gasteiger partial charge in [-0.1, -0.05) is 42.2 Å². The molecule has 1 saturated carbocycles. The Labute approximate surface area is 103 Å². The Hall–Kier alpha value is -1.31. The lowest BCUT2D eigenvalue weighted by Crippen LogP contribution is -2.26. The fraction of sp³-hybridized carbons (Fsp3) is 0.533. The molecule has 0 radical (unpaired) electrons. The molecule has 17 heavy (non-hydrogen) atoms. The third-order valence-electron chi connectivity index (χ3n) is 3.88. The van der Waals surface area contributed by atoms with E-state index in [2.05, 4.69) is 32.0 Å². The zero-order valence-electron chi connectivity index (χ0n) is 10.6. The van der Waals surface area contributed by atoms with E-state index in [0.29, 0.717) is 0 Å². The van der Waals surface area contributed by atoms with Gasteiger partial charge in [0.25, 0.3) is 0 Å². The van der Waals surface area contributed by atoms with Crippen molar-refractivity contribution in [3.8, 4) is 0 Å². The second-order valence-electron chi connectivity index (χ2n) is 5.43. The number of hydrogen-bond acceptors (Lipinski definition) is 1. The second kappa shape index (κ2) is 4.52. The number of carboxylic acids is 1. The molecule has 1 fully saturated rings. The Morgan fingerprint density at radius 3 is 2.18 bits per heavy atom. The molecule has 0 atom stereocenters. The van der Waals surface area contributed by atoms with Crippen molar-refractivity contribution < 1.29 is 9.90 Å². The van der Waals surface area contributed by atoms with Gasteiger partial charge in [0.2, 0.25) is 0 Å². The van der Waals surface area contributed by atoms with Gasteiger partial charge in [0.05, 0.1) is 6.42 Å². The first-order valence-corrected chi connectivity index (χ1v) is 6.32. The summed E-state index contributed by atoms with van der Waals surface area (Å²) in [5.41, 5.74) is 3.59. The summed E-state index contributed by atoms with van der Waals surface area (Å²) in [5.74, 6) is -0.675. The van der Waals surface area contributed by atoms with Gasteiger partial charge in [-0.15, -0.1) is 0 Å². The Morgan fingerprint density at radius 1 is 1.18 bits per heavy atom. The first-order valence-electron chi connectivity index (χ1n) is 6.32. The van der Waals surface area contributed by atoms with Gasteiger partial charge >= 0.3 is 5.97 Å². The molecule has 0 aliphatic heterocycles. The summed E-state index contributed by atoms with van der Waals surface area (Å²) in [6.07, 6.45) is 4.61. The van der Waals surface area contributed by atoms with Crippen molar-refractivity contribution in [1.29, 1.82) is 0 Å². The highest BCUT2D eigenvalue weighted by Gasteiger charge is 2.37. The zero-order chi connectivity index (χ0) is 12.5. The van der Waals surface area contributed by atoms with Gasteiger partial charge in [-0.2, -0.15) is 0 Å². The molecule has 2 nitrogen and oxygen atoms in total. The van der Waals surface area contributed by atoms with E-state index < -0.39 is 5.97 Å². The van der Waals surface area contributed by atoms with E-state index in [9.17, 15) is 4.79 Å². The van der Waals surface area contributed by atoms with Crippen LogP contribution in [0.15, 0.2) is 18.2 Å². The molecule has 0 bridgehead atoms. The maximum Gasteiger partial charge on any atom is 0.304 e. The van der Waals surface area contributed by atoms with E-state index in [1.165, 1.54) is 16.7 Å². The lowest BCUT2D eigenvalue weighted by Gasteiger charge is -2.28. The number of hydrogen-bond donors (Lipinski definition) is 1.